The summed E-state index contributed by atoms with van der Waals surface area (Å²) < 4.78 is 22.8. The maximum atomic E-state index is 12.4. The maximum absolute atomic E-state index is 12.4. The number of amides is 1. The fourth-order valence-electron chi connectivity index (χ4n) is 2.64. The molecule has 1 amide bonds. The van der Waals surface area contributed by atoms with E-state index in [1.165, 1.54) is 12.1 Å². The second-order valence-corrected chi connectivity index (χ2v) is 7.75. The summed E-state index contributed by atoms with van der Waals surface area (Å²) in [6.07, 6.45) is 3.42. The van der Waals surface area contributed by atoms with Gasteiger partial charge in [0.05, 0.1) is 4.90 Å². The zero-order chi connectivity index (χ0) is 14.4. The zero-order valence-corrected chi connectivity index (χ0v) is 13.5. The Labute approximate surface area is 131 Å². The highest BCUT2D eigenvalue weighted by atomic mass is 35.5. The number of carbonyl (C=O) groups excluding carboxylic acids is 1. The lowest BCUT2D eigenvalue weighted by Gasteiger charge is -2.34. The van der Waals surface area contributed by atoms with Crippen molar-refractivity contribution in [2.24, 2.45) is 0 Å². The summed E-state index contributed by atoms with van der Waals surface area (Å²) in [4.78, 5) is 14.5. The monoisotopic (exact) mass is 330 g/mol. The lowest BCUT2D eigenvalue weighted by atomic mass is 10.1. The molecule has 1 saturated carbocycles. The average molecular weight is 331 g/mol. The Bertz CT molecular complexity index is 639. The number of hydrogen-bond acceptors (Lipinski definition) is 4. The number of sulfone groups is 1. The van der Waals surface area contributed by atoms with Gasteiger partial charge >= 0.3 is 0 Å². The Morgan fingerprint density at radius 1 is 1.24 bits per heavy atom. The van der Waals surface area contributed by atoms with Gasteiger partial charge in [0.1, 0.15) is 0 Å². The molecule has 2 aliphatic rings. The van der Waals surface area contributed by atoms with Gasteiger partial charge in [-0.05, 0) is 37.1 Å². The predicted molar refractivity (Wildman–Crippen MR) is 82.7 cm³/mol. The normalized spacial score (nSPS) is 20.0. The van der Waals surface area contributed by atoms with E-state index in [9.17, 15) is 13.2 Å². The molecule has 1 aromatic carbocycles. The first-order valence-electron chi connectivity index (χ1n) is 6.74. The minimum absolute atomic E-state index is 0. The van der Waals surface area contributed by atoms with E-state index >= 15 is 0 Å². The molecule has 3 rings (SSSR count). The Balaban J connectivity index is 0.00000161. The van der Waals surface area contributed by atoms with Gasteiger partial charge in [-0.25, -0.2) is 8.42 Å². The third-order valence-corrected chi connectivity index (χ3v) is 5.17. The first-order valence-corrected chi connectivity index (χ1v) is 8.63. The molecule has 1 spiro atoms. The molecule has 1 aliphatic heterocycles. The van der Waals surface area contributed by atoms with Gasteiger partial charge in [0.2, 0.25) is 0 Å². The predicted octanol–water partition coefficient (Wildman–Crippen LogP) is 1.09. The summed E-state index contributed by atoms with van der Waals surface area (Å²) in [5.41, 5.74) is 0.704. The SMILES string of the molecule is CS(=O)(=O)c1ccc(C(=O)N2CCNC3(CC3)C2)cc1.Cl. The number of benzene rings is 1. The number of halogens is 1. The number of carbonyl (C=O) groups is 1. The van der Waals surface area contributed by atoms with Crippen LogP contribution in [0.15, 0.2) is 29.2 Å². The molecular formula is C14H19ClN2O3S. The first kappa shape index (κ1) is 16.3. The van der Waals surface area contributed by atoms with Gasteiger partial charge in [0, 0.05) is 37.0 Å². The highest BCUT2D eigenvalue weighted by Gasteiger charge is 2.46. The van der Waals surface area contributed by atoms with Crippen LogP contribution in [0, 0.1) is 0 Å². The van der Waals surface area contributed by atoms with Gasteiger partial charge in [0.25, 0.3) is 5.91 Å². The van der Waals surface area contributed by atoms with E-state index < -0.39 is 9.84 Å². The first-order chi connectivity index (χ1) is 9.40. The van der Waals surface area contributed by atoms with Crippen LogP contribution in [0.25, 0.3) is 0 Å². The summed E-state index contributed by atoms with van der Waals surface area (Å²) in [5, 5.41) is 3.46. The number of rotatable bonds is 2. The molecule has 0 atom stereocenters. The number of hydrogen-bond donors (Lipinski definition) is 1. The molecule has 7 heteroatoms. The van der Waals surface area contributed by atoms with E-state index in [1.807, 2.05) is 4.90 Å². The lowest BCUT2D eigenvalue weighted by Crippen LogP contribution is -2.54. The van der Waals surface area contributed by atoms with Gasteiger partial charge in [-0.1, -0.05) is 0 Å². The van der Waals surface area contributed by atoms with Gasteiger partial charge in [-0.15, -0.1) is 12.4 Å². The molecule has 1 N–H and O–H groups in total. The fourth-order valence-corrected chi connectivity index (χ4v) is 3.27. The van der Waals surface area contributed by atoms with Crippen molar-refractivity contribution >= 4 is 28.2 Å². The number of piperazine rings is 1. The van der Waals surface area contributed by atoms with Crippen LogP contribution in [0.5, 0.6) is 0 Å². The summed E-state index contributed by atoms with van der Waals surface area (Å²) in [5.74, 6) is -0.0159. The van der Waals surface area contributed by atoms with Crippen LogP contribution >= 0.6 is 12.4 Å². The molecule has 0 unspecified atom stereocenters. The summed E-state index contributed by atoms with van der Waals surface area (Å²) in [6, 6.07) is 6.19. The van der Waals surface area contributed by atoms with Crippen LogP contribution in [0.1, 0.15) is 23.2 Å². The van der Waals surface area contributed by atoms with Crippen LogP contribution in [0.3, 0.4) is 0 Å². The second kappa shape index (κ2) is 5.59. The van der Waals surface area contributed by atoms with Crippen molar-refractivity contribution in [3.8, 4) is 0 Å². The van der Waals surface area contributed by atoms with Crippen LogP contribution in [-0.2, 0) is 9.84 Å². The molecule has 21 heavy (non-hydrogen) atoms. The topological polar surface area (TPSA) is 66.5 Å². The van der Waals surface area contributed by atoms with Gasteiger partial charge in [-0.2, -0.15) is 0 Å². The van der Waals surface area contributed by atoms with Gasteiger partial charge in [-0.3, -0.25) is 4.79 Å². The molecular weight excluding hydrogens is 312 g/mol. The highest BCUT2D eigenvalue weighted by molar-refractivity contribution is 7.90. The lowest BCUT2D eigenvalue weighted by molar-refractivity contribution is 0.0691. The molecule has 116 valence electrons. The number of nitrogens with one attached hydrogen (secondary N) is 1. The second-order valence-electron chi connectivity index (χ2n) is 5.73. The Kier molecular flexibility index (Phi) is 4.33. The van der Waals surface area contributed by atoms with Crippen molar-refractivity contribution < 1.29 is 13.2 Å². The van der Waals surface area contributed by atoms with Gasteiger partial charge in [0.15, 0.2) is 9.84 Å². The minimum atomic E-state index is -3.21. The molecule has 0 aromatic heterocycles. The Morgan fingerprint density at radius 2 is 1.86 bits per heavy atom. The van der Waals surface area contributed by atoms with Crippen LogP contribution in [0.2, 0.25) is 0 Å². The van der Waals surface area contributed by atoms with Crippen molar-refractivity contribution in [3.05, 3.63) is 29.8 Å². The number of nitrogens with zero attached hydrogens (tertiary/aromatic N) is 1. The van der Waals surface area contributed by atoms with E-state index in [1.54, 1.807) is 12.1 Å². The fraction of sp³-hybridized carbons (Fsp3) is 0.500. The quantitative estimate of drug-likeness (QED) is 0.881. The molecule has 1 aromatic rings. The molecule has 2 fully saturated rings. The van der Waals surface area contributed by atoms with Gasteiger partial charge < -0.3 is 10.2 Å². The summed E-state index contributed by atoms with van der Waals surface area (Å²) in [6.45, 7) is 2.28. The van der Waals surface area contributed by atoms with Crippen molar-refractivity contribution in [3.63, 3.8) is 0 Å². The van der Waals surface area contributed by atoms with E-state index in [0.717, 1.165) is 32.2 Å². The molecule has 0 bridgehead atoms. The third kappa shape index (κ3) is 3.39. The van der Waals surface area contributed by atoms with Crippen LogP contribution < -0.4 is 5.32 Å². The van der Waals surface area contributed by atoms with Crippen LogP contribution in [-0.4, -0.2) is 50.7 Å². The maximum Gasteiger partial charge on any atom is 0.253 e. The summed E-state index contributed by atoms with van der Waals surface area (Å²) in [7, 11) is -3.21. The van der Waals surface area contributed by atoms with E-state index in [0.29, 0.717) is 12.1 Å². The minimum Gasteiger partial charge on any atom is -0.336 e. The van der Waals surface area contributed by atoms with E-state index in [-0.39, 0.29) is 28.7 Å². The molecule has 5 nitrogen and oxygen atoms in total. The Hall–Kier alpha value is -1.11. The molecule has 1 aliphatic carbocycles. The zero-order valence-electron chi connectivity index (χ0n) is 11.8. The third-order valence-electron chi connectivity index (χ3n) is 4.05. The molecule has 1 saturated heterocycles. The largest absolute Gasteiger partial charge is 0.336 e. The van der Waals surface area contributed by atoms with Crippen molar-refractivity contribution in [1.29, 1.82) is 0 Å². The smallest absolute Gasteiger partial charge is 0.253 e. The Morgan fingerprint density at radius 3 is 2.38 bits per heavy atom. The summed E-state index contributed by atoms with van der Waals surface area (Å²) >= 11 is 0. The van der Waals surface area contributed by atoms with E-state index in [2.05, 4.69) is 5.32 Å². The molecule has 1 heterocycles. The van der Waals surface area contributed by atoms with Crippen molar-refractivity contribution in [1.82, 2.24) is 10.2 Å². The molecule has 0 radical (unpaired) electrons. The van der Waals surface area contributed by atoms with Crippen LogP contribution in [0.4, 0.5) is 0 Å². The van der Waals surface area contributed by atoms with E-state index in [4.69, 9.17) is 0 Å². The highest BCUT2D eigenvalue weighted by Crippen LogP contribution is 2.37. The standard InChI is InChI=1S/C14H18N2O3S.ClH/c1-20(18,19)12-4-2-11(3-5-12)13(17)16-9-8-15-14(10-16)6-7-14;/h2-5,15H,6-10H2,1H3;1H. The van der Waals surface area contributed by atoms with Crippen molar-refractivity contribution in [2.75, 3.05) is 25.9 Å². The van der Waals surface area contributed by atoms with Crippen molar-refractivity contribution in [2.45, 2.75) is 23.3 Å². The average Bonchev–Trinajstić information content (AvgIpc) is 3.16.